The molecule has 7 heteroatoms. The Labute approximate surface area is 158 Å². The number of amides is 2. The first kappa shape index (κ1) is 20.0. The fraction of sp³-hybridized carbons (Fsp3) is 0.474. The Hall–Kier alpha value is -2.28. The largest absolute Gasteiger partial charge is 0.326 e. The average molecular weight is 375 g/mol. The van der Waals surface area contributed by atoms with Gasteiger partial charge in [0.05, 0.1) is 0 Å². The van der Waals surface area contributed by atoms with E-state index in [1.54, 1.807) is 24.3 Å². The number of anilines is 2. The molecule has 0 fully saturated rings. The van der Waals surface area contributed by atoms with Crippen LogP contribution in [0.2, 0.25) is 0 Å². The van der Waals surface area contributed by atoms with Crippen molar-refractivity contribution in [2.45, 2.75) is 53.4 Å². The van der Waals surface area contributed by atoms with Crippen molar-refractivity contribution in [1.29, 1.82) is 0 Å². The van der Waals surface area contributed by atoms with Crippen molar-refractivity contribution >= 4 is 34.0 Å². The molecule has 0 aliphatic rings. The highest BCUT2D eigenvalue weighted by molar-refractivity contribution is 7.15. The van der Waals surface area contributed by atoms with E-state index in [1.165, 1.54) is 11.3 Å². The second-order valence-corrected chi connectivity index (χ2v) is 8.48. The van der Waals surface area contributed by atoms with Crippen LogP contribution in [0.5, 0.6) is 0 Å². The number of rotatable bonds is 7. The van der Waals surface area contributed by atoms with E-state index < -0.39 is 0 Å². The number of nitrogens with one attached hydrogen (secondary N) is 2. The van der Waals surface area contributed by atoms with E-state index in [-0.39, 0.29) is 17.2 Å². The molecule has 1 aromatic carbocycles. The maximum Gasteiger partial charge on any atom is 0.257 e. The van der Waals surface area contributed by atoms with Gasteiger partial charge in [-0.05, 0) is 36.1 Å². The van der Waals surface area contributed by atoms with Crippen molar-refractivity contribution in [3.05, 3.63) is 34.8 Å². The zero-order valence-electron chi connectivity index (χ0n) is 15.8. The van der Waals surface area contributed by atoms with Crippen LogP contribution in [0.25, 0.3) is 0 Å². The number of carbonyl (C=O) groups is 2. The summed E-state index contributed by atoms with van der Waals surface area (Å²) >= 11 is 1.39. The van der Waals surface area contributed by atoms with Gasteiger partial charge in [-0.25, -0.2) is 0 Å². The molecule has 2 N–H and O–H groups in total. The number of carbonyl (C=O) groups excluding carboxylic acids is 2. The molecule has 0 radical (unpaired) electrons. The first-order valence-corrected chi connectivity index (χ1v) is 9.62. The number of aromatic nitrogens is 2. The van der Waals surface area contributed by atoms with Crippen molar-refractivity contribution < 1.29 is 9.59 Å². The zero-order valence-corrected chi connectivity index (χ0v) is 16.6. The van der Waals surface area contributed by atoms with Gasteiger partial charge < -0.3 is 5.32 Å². The Morgan fingerprint density at radius 2 is 1.77 bits per heavy atom. The molecule has 2 rings (SSSR count). The fourth-order valence-electron chi connectivity index (χ4n) is 2.26. The van der Waals surface area contributed by atoms with Crippen LogP contribution in [0.4, 0.5) is 10.8 Å². The second kappa shape index (κ2) is 8.89. The van der Waals surface area contributed by atoms with E-state index in [0.29, 0.717) is 22.8 Å². The van der Waals surface area contributed by atoms with Gasteiger partial charge in [0.2, 0.25) is 11.0 Å². The van der Waals surface area contributed by atoms with E-state index in [4.69, 9.17) is 0 Å². The summed E-state index contributed by atoms with van der Waals surface area (Å²) in [5, 5.41) is 15.1. The van der Waals surface area contributed by atoms with Gasteiger partial charge in [-0.3, -0.25) is 14.9 Å². The third-order valence-electron chi connectivity index (χ3n) is 3.56. The van der Waals surface area contributed by atoms with E-state index >= 15 is 0 Å². The van der Waals surface area contributed by atoms with Gasteiger partial charge >= 0.3 is 0 Å². The predicted octanol–water partition coefficient (Wildman–Crippen LogP) is 4.51. The van der Waals surface area contributed by atoms with Gasteiger partial charge in [-0.15, -0.1) is 10.2 Å². The average Bonchev–Trinajstić information content (AvgIpc) is 2.98. The van der Waals surface area contributed by atoms with E-state index in [9.17, 15) is 9.59 Å². The summed E-state index contributed by atoms with van der Waals surface area (Å²) in [4.78, 5) is 24.1. The smallest absolute Gasteiger partial charge is 0.257 e. The molecule has 0 saturated heterocycles. The molecular weight excluding hydrogens is 348 g/mol. The molecule has 0 bridgehead atoms. The van der Waals surface area contributed by atoms with Gasteiger partial charge in [-0.2, -0.15) is 0 Å². The molecule has 140 valence electrons. The fourth-order valence-corrected chi connectivity index (χ4v) is 3.30. The van der Waals surface area contributed by atoms with Crippen molar-refractivity contribution in [2.75, 3.05) is 10.6 Å². The first-order chi connectivity index (χ1) is 12.3. The molecule has 0 saturated carbocycles. The Morgan fingerprint density at radius 1 is 1.08 bits per heavy atom. The van der Waals surface area contributed by atoms with Crippen molar-refractivity contribution in [3.63, 3.8) is 0 Å². The molecule has 0 spiro atoms. The van der Waals surface area contributed by atoms with E-state index in [2.05, 4.69) is 41.6 Å². The van der Waals surface area contributed by atoms with Crippen LogP contribution in [0.1, 0.15) is 62.3 Å². The SMILES string of the molecule is CCCCC(=O)Nc1ccc(C(=O)Nc2nnc(CC(C)(C)C)s2)cc1. The highest BCUT2D eigenvalue weighted by Crippen LogP contribution is 2.25. The van der Waals surface area contributed by atoms with Crippen LogP contribution in [0.3, 0.4) is 0 Å². The Bertz CT molecular complexity index is 748. The van der Waals surface area contributed by atoms with Gasteiger partial charge in [0, 0.05) is 24.1 Å². The van der Waals surface area contributed by atoms with Crippen molar-refractivity contribution in [3.8, 4) is 0 Å². The molecule has 0 aliphatic heterocycles. The summed E-state index contributed by atoms with van der Waals surface area (Å²) in [5.41, 5.74) is 1.31. The minimum atomic E-state index is -0.243. The predicted molar refractivity (Wildman–Crippen MR) is 106 cm³/mol. The normalized spacial score (nSPS) is 11.2. The number of benzene rings is 1. The van der Waals surface area contributed by atoms with Crippen LogP contribution in [0, 0.1) is 5.41 Å². The molecule has 2 aromatic rings. The highest BCUT2D eigenvalue weighted by atomic mass is 32.1. The molecule has 1 heterocycles. The molecule has 6 nitrogen and oxygen atoms in total. The van der Waals surface area contributed by atoms with Crippen LogP contribution >= 0.6 is 11.3 Å². The lowest BCUT2D eigenvalue weighted by Crippen LogP contribution is -2.13. The van der Waals surface area contributed by atoms with Gasteiger partial charge in [0.1, 0.15) is 5.01 Å². The van der Waals surface area contributed by atoms with Gasteiger partial charge in [-0.1, -0.05) is 45.5 Å². The summed E-state index contributed by atoms with van der Waals surface area (Å²) in [6.45, 7) is 8.45. The number of unbranched alkanes of at least 4 members (excludes halogenated alkanes) is 1. The minimum absolute atomic E-state index is 0.00992. The first-order valence-electron chi connectivity index (χ1n) is 8.80. The minimum Gasteiger partial charge on any atom is -0.326 e. The maximum atomic E-state index is 12.3. The number of nitrogens with zero attached hydrogens (tertiary/aromatic N) is 2. The quantitative estimate of drug-likeness (QED) is 0.747. The molecule has 2 amide bonds. The standard InChI is InChI=1S/C19H26N4O2S/c1-5-6-7-15(24)20-14-10-8-13(9-11-14)17(25)21-18-23-22-16(26-18)12-19(2,3)4/h8-11H,5-7,12H2,1-4H3,(H,20,24)(H,21,23,25). The molecule has 0 unspecified atom stereocenters. The lowest BCUT2D eigenvalue weighted by Gasteiger charge is -2.14. The monoisotopic (exact) mass is 374 g/mol. The topological polar surface area (TPSA) is 84.0 Å². The Morgan fingerprint density at radius 3 is 2.38 bits per heavy atom. The summed E-state index contributed by atoms with van der Waals surface area (Å²) < 4.78 is 0. The summed E-state index contributed by atoms with van der Waals surface area (Å²) in [6, 6.07) is 6.82. The lowest BCUT2D eigenvalue weighted by molar-refractivity contribution is -0.116. The molecule has 1 aromatic heterocycles. The molecular formula is C19H26N4O2S. The van der Waals surface area contributed by atoms with Gasteiger partial charge in [0.25, 0.3) is 5.91 Å². The van der Waals surface area contributed by atoms with Crippen LogP contribution in [0.15, 0.2) is 24.3 Å². The Kier molecular flexibility index (Phi) is 6.85. The third kappa shape index (κ3) is 6.55. The lowest BCUT2D eigenvalue weighted by atomic mass is 9.93. The van der Waals surface area contributed by atoms with Crippen molar-refractivity contribution in [1.82, 2.24) is 10.2 Å². The molecule has 0 aliphatic carbocycles. The van der Waals surface area contributed by atoms with E-state index in [0.717, 1.165) is 24.3 Å². The molecule has 26 heavy (non-hydrogen) atoms. The van der Waals surface area contributed by atoms with E-state index in [1.807, 2.05) is 6.92 Å². The Balaban J connectivity index is 1.92. The maximum absolute atomic E-state index is 12.3. The third-order valence-corrected chi connectivity index (χ3v) is 4.40. The number of hydrogen-bond acceptors (Lipinski definition) is 5. The molecule has 0 atom stereocenters. The second-order valence-electron chi connectivity index (χ2n) is 7.42. The van der Waals surface area contributed by atoms with Crippen LogP contribution in [-0.4, -0.2) is 22.0 Å². The summed E-state index contributed by atoms with van der Waals surface area (Å²) in [7, 11) is 0. The summed E-state index contributed by atoms with van der Waals surface area (Å²) in [6.07, 6.45) is 3.17. The summed E-state index contributed by atoms with van der Waals surface area (Å²) in [5.74, 6) is -0.253. The number of hydrogen-bond donors (Lipinski definition) is 2. The van der Waals surface area contributed by atoms with Gasteiger partial charge in [0.15, 0.2) is 0 Å². The highest BCUT2D eigenvalue weighted by Gasteiger charge is 2.16. The zero-order chi connectivity index (χ0) is 19.2. The van der Waals surface area contributed by atoms with Crippen molar-refractivity contribution in [2.24, 2.45) is 5.41 Å². The van der Waals surface area contributed by atoms with Crippen LogP contribution < -0.4 is 10.6 Å². The van der Waals surface area contributed by atoms with Crippen LogP contribution in [-0.2, 0) is 11.2 Å².